The molecule has 0 aliphatic carbocycles. The van der Waals surface area contributed by atoms with E-state index in [-0.39, 0.29) is 17.2 Å². The van der Waals surface area contributed by atoms with Crippen LogP contribution >= 0.6 is 35.3 Å². The second kappa shape index (κ2) is 6.15. The smallest absolute Gasteiger partial charge is 0.113 e. The fourth-order valence-electron chi connectivity index (χ4n) is 0.714. The zero-order valence-electron chi connectivity index (χ0n) is 8.74. The lowest BCUT2D eigenvalue weighted by Crippen LogP contribution is -2.32. The van der Waals surface area contributed by atoms with Gasteiger partial charge in [0.05, 0.1) is 28.5 Å². The summed E-state index contributed by atoms with van der Waals surface area (Å²) in [5.41, 5.74) is 0. The molecule has 0 aliphatic rings. The molecule has 1 rings (SSSR count). The predicted octanol–water partition coefficient (Wildman–Crippen LogP) is 2.77. The summed E-state index contributed by atoms with van der Waals surface area (Å²) in [5.74, 6) is 0. The first-order valence-electron chi connectivity index (χ1n) is 4.15. The standard InChI is InChI=1S/C8H13ClN2OS2.ClH/c1-8(2,3)14(12)11-5-7-10-4-6(9)13-7;/h4,11H,5H2,1-3H3;1H. The molecule has 1 atom stereocenters. The lowest BCUT2D eigenvalue weighted by atomic mass is 10.3. The highest BCUT2D eigenvalue weighted by Crippen LogP contribution is 2.18. The van der Waals surface area contributed by atoms with Gasteiger partial charge in [0, 0.05) is 0 Å². The third-order valence-electron chi connectivity index (χ3n) is 1.44. The molecule has 7 heteroatoms. The maximum Gasteiger partial charge on any atom is 0.113 e. The highest BCUT2D eigenvalue weighted by molar-refractivity contribution is 7.84. The Labute approximate surface area is 108 Å². The zero-order valence-corrected chi connectivity index (χ0v) is 11.9. The predicted molar refractivity (Wildman–Crippen MR) is 69.1 cm³/mol. The number of nitrogens with one attached hydrogen (secondary N) is 1. The van der Waals surface area contributed by atoms with Gasteiger partial charge in [0.25, 0.3) is 0 Å². The van der Waals surface area contributed by atoms with Crippen molar-refractivity contribution < 1.29 is 4.21 Å². The van der Waals surface area contributed by atoms with Crippen molar-refractivity contribution in [3.63, 3.8) is 0 Å². The van der Waals surface area contributed by atoms with Crippen LogP contribution in [-0.2, 0) is 17.5 Å². The molecule has 1 unspecified atom stereocenters. The summed E-state index contributed by atoms with van der Waals surface area (Å²) in [4.78, 5) is 4.06. The molecule has 15 heavy (non-hydrogen) atoms. The largest absolute Gasteiger partial charge is 0.247 e. The van der Waals surface area contributed by atoms with Crippen LogP contribution in [-0.4, -0.2) is 13.9 Å². The molecule has 0 spiro atoms. The summed E-state index contributed by atoms with van der Waals surface area (Å²) >= 11 is 7.12. The SMILES string of the molecule is CC(C)(C)S(=O)NCc1ncc(Cl)s1.Cl. The molecular formula is C8H14Cl2N2OS2. The van der Waals surface area contributed by atoms with E-state index in [9.17, 15) is 4.21 Å². The van der Waals surface area contributed by atoms with Crippen molar-refractivity contribution in [2.75, 3.05) is 0 Å². The Hall–Kier alpha value is 0.320. The molecule has 0 amide bonds. The van der Waals surface area contributed by atoms with Crippen LogP contribution in [0.3, 0.4) is 0 Å². The van der Waals surface area contributed by atoms with Gasteiger partial charge in [-0.25, -0.2) is 13.9 Å². The van der Waals surface area contributed by atoms with Gasteiger partial charge in [-0.05, 0) is 20.8 Å². The van der Waals surface area contributed by atoms with Crippen LogP contribution in [0.2, 0.25) is 4.34 Å². The van der Waals surface area contributed by atoms with E-state index < -0.39 is 11.0 Å². The average molecular weight is 289 g/mol. The third kappa shape index (κ3) is 5.26. The average Bonchev–Trinajstić information content (AvgIpc) is 2.45. The summed E-state index contributed by atoms with van der Waals surface area (Å²) in [6.07, 6.45) is 1.60. The molecule has 0 saturated heterocycles. The Kier molecular flexibility index (Phi) is 6.28. The van der Waals surface area contributed by atoms with Crippen LogP contribution in [0.5, 0.6) is 0 Å². The van der Waals surface area contributed by atoms with Gasteiger partial charge in [-0.1, -0.05) is 11.6 Å². The first-order chi connectivity index (χ1) is 6.39. The van der Waals surface area contributed by atoms with Gasteiger partial charge in [0.2, 0.25) is 0 Å². The molecule has 0 bridgehead atoms. The van der Waals surface area contributed by atoms with Crippen LogP contribution < -0.4 is 4.72 Å². The highest BCUT2D eigenvalue weighted by atomic mass is 35.5. The number of nitrogens with zero attached hydrogens (tertiary/aromatic N) is 1. The van der Waals surface area contributed by atoms with Gasteiger partial charge in [-0.2, -0.15) is 0 Å². The van der Waals surface area contributed by atoms with E-state index in [0.717, 1.165) is 5.01 Å². The van der Waals surface area contributed by atoms with Crippen molar-refractivity contribution in [3.05, 3.63) is 15.5 Å². The molecule has 0 aliphatic heterocycles. The molecule has 1 aromatic heterocycles. The number of halogens is 2. The van der Waals surface area contributed by atoms with Crippen molar-refractivity contribution in [1.82, 2.24) is 9.71 Å². The van der Waals surface area contributed by atoms with Crippen molar-refractivity contribution in [1.29, 1.82) is 0 Å². The monoisotopic (exact) mass is 288 g/mol. The normalized spacial score (nSPS) is 13.3. The molecule has 1 heterocycles. The quantitative estimate of drug-likeness (QED) is 0.929. The van der Waals surface area contributed by atoms with E-state index in [0.29, 0.717) is 10.9 Å². The molecule has 0 fully saturated rings. The van der Waals surface area contributed by atoms with Crippen LogP contribution in [0.4, 0.5) is 0 Å². The minimum Gasteiger partial charge on any atom is -0.247 e. The first-order valence-corrected chi connectivity index (χ1v) is 6.49. The van der Waals surface area contributed by atoms with Gasteiger partial charge in [-0.3, -0.25) is 0 Å². The topological polar surface area (TPSA) is 42.0 Å². The summed E-state index contributed by atoms with van der Waals surface area (Å²) in [7, 11) is -1.05. The van der Waals surface area contributed by atoms with Gasteiger partial charge in [0.1, 0.15) is 9.34 Å². The van der Waals surface area contributed by atoms with Crippen molar-refractivity contribution in [3.8, 4) is 0 Å². The second-order valence-corrected chi connectivity index (χ2v) is 7.56. The molecule has 0 aromatic carbocycles. The van der Waals surface area contributed by atoms with Gasteiger partial charge >= 0.3 is 0 Å². The zero-order chi connectivity index (χ0) is 10.8. The van der Waals surface area contributed by atoms with Crippen molar-refractivity contribution >= 4 is 46.3 Å². The van der Waals surface area contributed by atoms with E-state index in [1.165, 1.54) is 11.3 Å². The Morgan fingerprint density at radius 2 is 2.20 bits per heavy atom. The minimum absolute atomic E-state index is 0. The number of hydrogen-bond donors (Lipinski definition) is 1. The van der Waals surface area contributed by atoms with Crippen LogP contribution in [0.1, 0.15) is 25.8 Å². The van der Waals surface area contributed by atoms with E-state index >= 15 is 0 Å². The van der Waals surface area contributed by atoms with E-state index in [1.807, 2.05) is 20.8 Å². The fraction of sp³-hybridized carbons (Fsp3) is 0.625. The Morgan fingerprint density at radius 3 is 2.60 bits per heavy atom. The number of hydrogen-bond acceptors (Lipinski definition) is 3. The maximum absolute atomic E-state index is 11.6. The Morgan fingerprint density at radius 1 is 1.60 bits per heavy atom. The van der Waals surface area contributed by atoms with Crippen molar-refractivity contribution in [2.24, 2.45) is 0 Å². The molecule has 88 valence electrons. The summed E-state index contributed by atoms with van der Waals surface area (Å²) in [6, 6.07) is 0. The molecule has 1 aromatic rings. The highest BCUT2D eigenvalue weighted by Gasteiger charge is 2.19. The van der Waals surface area contributed by atoms with Gasteiger partial charge in [-0.15, -0.1) is 23.7 Å². The second-order valence-electron chi connectivity index (χ2n) is 3.76. The molecule has 1 N–H and O–H groups in total. The fourth-order valence-corrected chi connectivity index (χ4v) is 2.40. The summed E-state index contributed by atoms with van der Waals surface area (Å²) < 4.78 is 14.9. The Balaban J connectivity index is 0.00000196. The van der Waals surface area contributed by atoms with Crippen molar-refractivity contribution in [2.45, 2.75) is 32.1 Å². The molecule has 0 saturated carbocycles. The third-order valence-corrected chi connectivity index (χ3v) is 4.07. The summed E-state index contributed by atoms with van der Waals surface area (Å²) in [5, 5.41) is 0.854. The molecular weight excluding hydrogens is 275 g/mol. The lowest BCUT2D eigenvalue weighted by molar-refractivity contribution is 0.634. The van der Waals surface area contributed by atoms with E-state index in [1.54, 1.807) is 6.20 Å². The lowest BCUT2D eigenvalue weighted by Gasteiger charge is -2.17. The summed E-state index contributed by atoms with van der Waals surface area (Å²) in [6.45, 7) is 6.27. The van der Waals surface area contributed by atoms with Crippen LogP contribution in [0.15, 0.2) is 6.20 Å². The van der Waals surface area contributed by atoms with E-state index in [4.69, 9.17) is 11.6 Å². The van der Waals surface area contributed by atoms with Crippen LogP contribution in [0, 0.1) is 0 Å². The number of thiazole rings is 1. The first kappa shape index (κ1) is 15.3. The number of aromatic nitrogens is 1. The Bertz CT molecular complexity index is 336. The van der Waals surface area contributed by atoms with Gasteiger partial charge in [0.15, 0.2) is 0 Å². The van der Waals surface area contributed by atoms with Crippen LogP contribution in [0.25, 0.3) is 0 Å². The maximum atomic E-state index is 11.6. The van der Waals surface area contributed by atoms with Gasteiger partial charge < -0.3 is 0 Å². The number of rotatable bonds is 3. The molecule has 0 radical (unpaired) electrons. The molecule has 3 nitrogen and oxygen atoms in total. The minimum atomic E-state index is -1.05. The van der Waals surface area contributed by atoms with E-state index in [2.05, 4.69) is 9.71 Å².